The molecule has 5 nitrogen and oxygen atoms in total. The van der Waals surface area contributed by atoms with Crippen LogP contribution in [0, 0.1) is 5.92 Å². The molecule has 2 fully saturated rings. The van der Waals surface area contributed by atoms with Crippen molar-refractivity contribution in [1.82, 2.24) is 10.2 Å². The summed E-state index contributed by atoms with van der Waals surface area (Å²) in [4.78, 5) is 25.9. The third-order valence-corrected chi connectivity index (χ3v) is 4.64. The second kappa shape index (κ2) is 7.65. The number of nitrogens with one attached hydrogen (secondary N) is 2. The summed E-state index contributed by atoms with van der Waals surface area (Å²) in [6.07, 6.45) is -0.805. The lowest BCUT2D eigenvalue weighted by Crippen LogP contribution is -2.49. The van der Waals surface area contributed by atoms with Crippen molar-refractivity contribution in [1.29, 1.82) is 0 Å². The minimum absolute atomic E-state index is 0.0261. The van der Waals surface area contributed by atoms with E-state index in [4.69, 9.17) is 0 Å². The number of alkyl halides is 3. The Morgan fingerprint density at radius 3 is 2.65 bits per heavy atom. The van der Waals surface area contributed by atoms with E-state index >= 15 is 0 Å². The molecule has 1 unspecified atom stereocenters. The molecule has 0 spiro atoms. The number of hydrogen-bond donors (Lipinski definition) is 2. The van der Waals surface area contributed by atoms with Gasteiger partial charge < -0.3 is 10.6 Å². The normalized spacial score (nSPS) is 21.3. The fourth-order valence-corrected chi connectivity index (χ4v) is 3.16. The molecule has 1 saturated heterocycles. The summed E-state index contributed by atoms with van der Waals surface area (Å²) in [5.74, 6) is -0.127. The zero-order valence-corrected chi connectivity index (χ0v) is 14.3. The molecule has 1 heterocycles. The van der Waals surface area contributed by atoms with E-state index in [0.29, 0.717) is 6.54 Å². The molecule has 1 aliphatic heterocycles. The molecule has 1 atom stereocenters. The van der Waals surface area contributed by atoms with Crippen molar-refractivity contribution in [3.8, 4) is 0 Å². The molecule has 0 bridgehead atoms. The first-order valence-electron chi connectivity index (χ1n) is 8.81. The Morgan fingerprint density at radius 2 is 1.96 bits per heavy atom. The van der Waals surface area contributed by atoms with E-state index in [9.17, 15) is 22.8 Å². The number of halogens is 3. The smallest absolute Gasteiger partial charge is 0.352 e. The molecule has 2 aliphatic rings. The average Bonchev–Trinajstić information content (AvgIpc) is 3.39. The molecule has 0 aromatic heterocycles. The summed E-state index contributed by atoms with van der Waals surface area (Å²) in [6, 6.07) is 4.61. The summed E-state index contributed by atoms with van der Waals surface area (Å²) in [7, 11) is 0. The molecular weight excluding hydrogens is 347 g/mol. The van der Waals surface area contributed by atoms with Crippen LogP contribution in [0.25, 0.3) is 0 Å². The summed E-state index contributed by atoms with van der Waals surface area (Å²) in [6.45, 7) is 1.40. The van der Waals surface area contributed by atoms with Crippen molar-refractivity contribution in [3.63, 3.8) is 0 Å². The molecule has 1 aromatic carbocycles. The fraction of sp³-hybridized carbons (Fsp3) is 0.556. The van der Waals surface area contributed by atoms with Crippen molar-refractivity contribution in [3.05, 3.63) is 29.8 Å². The van der Waals surface area contributed by atoms with Gasteiger partial charge in [-0.15, -0.1) is 0 Å². The number of amides is 2. The lowest BCUT2D eigenvalue weighted by atomic mass is 10.1. The second-order valence-electron chi connectivity index (χ2n) is 6.98. The number of nitrogens with zero attached hydrogens (tertiary/aromatic N) is 1. The predicted molar refractivity (Wildman–Crippen MR) is 90.4 cm³/mol. The molecule has 142 valence electrons. The number of rotatable bonds is 5. The van der Waals surface area contributed by atoms with Crippen LogP contribution in [0.2, 0.25) is 0 Å². The minimum atomic E-state index is -4.44. The van der Waals surface area contributed by atoms with Gasteiger partial charge in [-0.25, -0.2) is 0 Å². The van der Waals surface area contributed by atoms with Crippen molar-refractivity contribution >= 4 is 17.5 Å². The maximum Gasteiger partial charge on any atom is 0.416 e. The lowest BCUT2D eigenvalue weighted by Gasteiger charge is -2.32. The first kappa shape index (κ1) is 18.7. The highest BCUT2D eigenvalue weighted by molar-refractivity contribution is 5.92. The van der Waals surface area contributed by atoms with E-state index in [-0.39, 0.29) is 36.0 Å². The Labute approximate surface area is 149 Å². The van der Waals surface area contributed by atoms with Crippen LogP contribution < -0.4 is 10.6 Å². The van der Waals surface area contributed by atoms with Crippen molar-refractivity contribution in [2.45, 2.75) is 37.9 Å². The zero-order chi connectivity index (χ0) is 18.7. The number of anilines is 1. The van der Waals surface area contributed by atoms with Crippen molar-refractivity contribution in [2.24, 2.45) is 5.92 Å². The van der Waals surface area contributed by atoms with Crippen molar-refractivity contribution in [2.75, 3.05) is 25.0 Å². The Kier molecular flexibility index (Phi) is 5.50. The third-order valence-electron chi connectivity index (χ3n) is 4.64. The van der Waals surface area contributed by atoms with Gasteiger partial charge in [-0.05, 0) is 50.4 Å². The highest BCUT2D eigenvalue weighted by atomic mass is 19.4. The SMILES string of the molecule is O=C(CN1CCCC(NC(=O)C2CC2)C1)Nc1cccc(C(F)(F)F)c1. The monoisotopic (exact) mass is 369 g/mol. The van der Waals surface area contributed by atoms with Gasteiger partial charge in [-0.3, -0.25) is 14.5 Å². The fourth-order valence-electron chi connectivity index (χ4n) is 3.16. The Morgan fingerprint density at radius 1 is 1.19 bits per heavy atom. The van der Waals surface area contributed by atoms with E-state index < -0.39 is 11.7 Å². The average molecular weight is 369 g/mol. The molecule has 3 rings (SSSR count). The van der Waals surface area contributed by atoms with E-state index in [1.807, 2.05) is 4.90 Å². The van der Waals surface area contributed by atoms with Gasteiger partial charge in [-0.1, -0.05) is 6.07 Å². The van der Waals surface area contributed by atoms with E-state index in [2.05, 4.69) is 10.6 Å². The molecule has 2 amide bonds. The number of piperidine rings is 1. The van der Waals surface area contributed by atoms with Gasteiger partial charge in [0.1, 0.15) is 0 Å². The Balaban J connectivity index is 1.50. The maximum absolute atomic E-state index is 12.7. The van der Waals surface area contributed by atoms with Gasteiger partial charge in [0.15, 0.2) is 0 Å². The number of hydrogen-bond acceptors (Lipinski definition) is 3. The number of likely N-dealkylation sites (tertiary alicyclic amines) is 1. The topological polar surface area (TPSA) is 61.4 Å². The molecule has 1 aliphatic carbocycles. The largest absolute Gasteiger partial charge is 0.416 e. The summed E-state index contributed by atoms with van der Waals surface area (Å²) in [5.41, 5.74) is -0.670. The Bertz CT molecular complexity index is 674. The summed E-state index contributed by atoms with van der Waals surface area (Å²) < 4.78 is 38.2. The van der Waals surface area contributed by atoms with Crippen LogP contribution in [0.15, 0.2) is 24.3 Å². The number of carbonyl (C=O) groups is 2. The molecule has 26 heavy (non-hydrogen) atoms. The molecule has 1 saturated carbocycles. The van der Waals surface area contributed by atoms with Crippen LogP contribution in [0.3, 0.4) is 0 Å². The van der Waals surface area contributed by atoms with Crippen LogP contribution in [0.1, 0.15) is 31.2 Å². The molecule has 0 radical (unpaired) electrons. The first-order chi connectivity index (χ1) is 12.3. The number of carbonyl (C=O) groups excluding carboxylic acids is 2. The zero-order valence-electron chi connectivity index (χ0n) is 14.3. The maximum atomic E-state index is 12.7. The molecular formula is C18H22F3N3O2. The van der Waals surface area contributed by atoms with Crippen LogP contribution >= 0.6 is 0 Å². The highest BCUT2D eigenvalue weighted by Crippen LogP contribution is 2.31. The van der Waals surface area contributed by atoms with Gasteiger partial charge in [0, 0.05) is 24.2 Å². The van der Waals surface area contributed by atoms with Crippen LogP contribution in [-0.2, 0) is 15.8 Å². The van der Waals surface area contributed by atoms with E-state index in [1.54, 1.807) is 0 Å². The molecule has 2 N–H and O–H groups in total. The predicted octanol–water partition coefficient (Wildman–Crippen LogP) is 2.63. The van der Waals surface area contributed by atoms with E-state index in [0.717, 1.165) is 44.4 Å². The highest BCUT2D eigenvalue weighted by Gasteiger charge is 2.32. The van der Waals surface area contributed by atoms with Gasteiger partial charge in [0.2, 0.25) is 11.8 Å². The number of benzene rings is 1. The summed E-state index contributed by atoms with van der Waals surface area (Å²) >= 11 is 0. The van der Waals surface area contributed by atoms with Gasteiger partial charge in [-0.2, -0.15) is 13.2 Å². The standard InChI is InChI=1S/C18H22F3N3O2/c19-18(20,21)13-3-1-4-14(9-13)22-16(25)11-24-8-2-5-15(10-24)23-17(26)12-6-7-12/h1,3-4,9,12,15H,2,5-8,10-11H2,(H,22,25)(H,23,26). The minimum Gasteiger partial charge on any atom is -0.352 e. The van der Waals surface area contributed by atoms with Gasteiger partial charge in [0.05, 0.1) is 12.1 Å². The van der Waals surface area contributed by atoms with Crippen LogP contribution in [0.4, 0.5) is 18.9 Å². The third kappa shape index (κ3) is 5.20. The first-order valence-corrected chi connectivity index (χ1v) is 8.81. The lowest BCUT2D eigenvalue weighted by molar-refractivity contribution is -0.137. The van der Waals surface area contributed by atoms with Crippen LogP contribution in [-0.4, -0.2) is 42.4 Å². The van der Waals surface area contributed by atoms with Crippen LogP contribution in [0.5, 0.6) is 0 Å². The second-order valence-corrected chi connectivity index (χ2v) is 6.98. The quantitative estimate of drug-likeness (QED) is 0.839. The molecule has 1 aromatic rings. The Hall–Kier alpha value is -2.09. The van der Waals surface area contributed by atoms with Crippen molar-refractivity contribution < 1.29 is 22.8 Å². The van der Waals surface area contributed by atoms with E-state index in [1.165, 1.54) is 12.1 Å². The molecule has 8 heteroatoms. The van der Waals surface area contributed by atoms with Gasteiger partial charge in [0.25, 0.3) is 0 Å². The summed E-state index contributed by atoms with van der Waals surface area (Å²) in [5, 5.41) is 5.54. The van der Waals surface area contributed by atoms with Gasteiger partial charge >= 0.3 is 6.18 Å².